The van der Waals surface area contributed by atoms with E-state index >= 15 is 0 Å². The minimum atomic E-state index is -0.262. The first-order valence-corrected chi connectivity index (χ1v) is 10.1. The molecule has 3 aliphatic rings. The average Bonchev–Trinajstić information content (AvgIpc) is 3.49. The maximum Gasteiger partial charge on any atom is 0.0819 e. The van der Waals surface area contributed by atoms with Gasteiger partial charge in [-0.2, -0.15) is 0 Å². The van der Waals surface area contributed by atoms with Crippen molar-refractivity contribution >= 4 is 0 Å². The van der Waals surface area contributed by atoms with Crippen molar-refractivity contribution in [3.05, 3.63) is 49.6 Å². The van der Waals surface area contributed by atoms with Crippen LogP contribution in [0.2, 0.25) is 0 Å². The topological polar surface area (TPSA) is 140 Å². The molecule has 0 amide bonds. The van der Waals surface area contributed by atoms with Crippen LogP contribution in [0.3, 0.4) is 0 Å². The zero-order valence-corrected chi connectivity index (χ0v) is 17.2. The third-order valence-electron chi connectivity index (χ3n) is 5.54. The van der Waals surface area contributed by atoms with Crippen LogP contribution in [0, 0.1) is 23.7 Å². The Morgan fingerprint density at radius 1 is 0.667 bits per heavy atom. The van der Waals surface area contributed by atoms with E-state index in [1.165, 1.54) is 6.08 Å². The smallest absolute Gasteiger partial charge is 0.0819 e. The molecule has 3 aliphatic heterocycles. The van der Waals surface area contributed by atoms with Crippen LogP contribution in [0.1, 0.15) is 0 Å². The van der Waals surface area contributed by atoms with Crippen molar-refractivity contribution in [2.75, 3.05) is 39.6 Å². The first-order valence-electron chi connectivity index (χ1n) is 10.1. The molecule has 172 valence electrons. The molecule has 0 aromatic rings. The monoisotopic (exact) mass is 428 g/mol. The second kappa shape index (κ2) is 14.6. The summed E-state index contributed by atoms with van der Waals surface area (Å²) in [5.74, 6) is -0.0494. The molecule has 3 heterocycles. The van der Waals surface area contributed by atoms with Crippen molar-refractivity contribution in [1.82, 2.24) is 0 Å². The van der Waals surface area contributed by atoms with E-state index in [1.807, 2.05) is 12.2 Å². The summed E-state index contributed by atoms with van der Waals surface area (Å²) in [6.07, 6.45) is 9.89. The molecule has 8 atom stereocenters. The molecule has 0 radical (unpaired) electrons. The number of hydrogen-bond acceptors (Lipinski definition) is 8. The van der Waals surface area contributed by atoms with Gasteiger partial charge in [0.15, 0.2) is 0 Å². The van der Waals surface area contributed by atoms with Gasteiger partial charge in [-0.3, -0.25) is 0 Å². The van der Waals surface area contributed by atoms with E-state index in [9.17, 15) is 10.2 Å². The van der Waals surface area contributed by atoms with Gasteiger partial charge in [0.25, 0.3) is 0 Å². The Bertz CT molecular complexity index is 531. The molecule has 8 heteroatoms. The first-order chi connectivity index (χ1) is 14.6. The summed E-state index contributed by atoms with van der Waals surface area (Å²) in [6, 6.07) is 0. The Hall–Kier alpha value is -1.36. The number of ether oxygens (including phenoxy) is 2. The molecule has 2 bridgehead atoms. The molecule has 30 heavy (non-hydrogen) atoms. The van der Waals surface area contributed by atoms with Crippen LogP contribution in [-0.2, 0) is 9.47 Å². The quantitative estimate of drug-likeness (QED) is 0.282. The van der Waals surface area contributed by atoms with Gasteiger partial charge in [-0.25, -0.2) is 0 Å². The van der Waals surface area contributed by atoms with Gasteiger partial charge in [0.1, 0.15) is 0 Å². The summed E-state index contributed by atoms with van der Waals surface area (Å²) >= 11 is 0. The van der Waals surface area contributed by atoms with Crippen molar-refractivity contribution in [2.45, 2.75) is 24.4 Å². The lowest BCUT2D eigenvalue weighted by Crippen LogP contribution is -2.29. The van der Waals surface area contributed by atoms with E-state index < -0.39 is 0 Å². The van der Waals surface area contributed by atoms with Crippen molar-refractivity contribution < 1.29 is 40.1 Å². The average molecular weight is 429 g/mol. The molecule has 6 N–H and O–H groups in total. The van der Waals surface area contributed by atoms with Crippen LogP contribution in [0.15, 0.2) is 49.6 Å². The minimum absolute atomic E-state index is 0.0363. The van der Waals surface area contributed by atoms with Crippen LogP contribution in [-0.4, -0.2) is 94.7 Å². The Balaban J connectivity index is 0.000000262. The normalized spacial score (nSPS) is 36.2. The molecule has 2 fully saturated rings. The molecule has 3 rings (SSSR count). The Labute approximate surface area is 178 Å². The molecule has 8 nitrogen and oxygen atoms in total. The van der Waals surface area contributed by atoms with Gasteiger partial charge in [-0.1, -0.05) is 36.5 Å². The van der Waals surface area contributed by atoms with Crippen molar-refractivity contribution in [2.24, 2.45) is 23.7 Å². The predicted molar refractivity (Wildman–Crippen MR) is 112 cm³/mol. The second-order valence-corrected chi connectivity index (χ2v) is 7.22. The summed E-state index contributed by atoms with van der Waals surface area (Å²) in [5, 5.41) is 52.8. The third-order valence-corrected chi connectivity index (χ3v) is 5.54. The lowest BCUT2D eigenvalue weighted by Gasteiger charge is -2.20. The highest BCUT2D eigenvalue weighted by Gasteiger charge is 2.44. The third kappa shape index (κ3) is 6.83. The minimum Gasteiger partial charge on any atom is -0.396 e. The van der Waals surface area contributed by atoms with E-state index in [0.717, 1.165) is 0 Å². The van der Waals surface area contributed by atoms with Gasteiger partial charge in [-0.15, -0.1) is 13.2 Å². The van der Waals surface area contributed by atoms with Gasteiger partial charge in [0, 0.05) is 50.1 Å². The fourth-order valence-corrected chi connectivity index (χ4v) is 3.91. The van der Waals surface area contributed by atoms with Gasteiger partial charge < -0.3 is 40.1 Å². The van der Waals surface area contributed by atoms with Gasteiger partial charge in [-0.05, 0) is 0 Å². The highest BCUT2D eigenvalue weighted by atomic mass is 16.5. The van der Waals surface area contributed by atoms with E-state index in [0.29, 0.717) is 0 Å². The van der Waals surface area contributed by atoms with E-state index in [1.54, 1.807) is 18.2 Å². The highest BCUT2D eigenvalue weighted by molar-refractivity contribution is 5.14. The molecular formula is C22H36O8. The van der Waals surface area contributed by atoms with Gasteiger partial charge in [0.2, 0.25) is 0 Å². The van der Waals surface area contributed by atoms with Crippen molar-refractivity contribution in [1.29, 1.82) is 0 Å². The van der Waals surface area contributed by atoms with Crippen LogP contribution >= 0.6 is 0 Å². The van der Waals surface area contributed by atoms with Crippen LogP contribution in [0.4, 0.5) is 0 Å². The van der Waals surface area contributed by atoms with Gasteiger partial charge >= 0.3 is 0 Å². The van der Waals surface area contributed by atoms with Crippen molar-refractivity contribution in [3.8, 4) is 0 Å². The molecule has 0 spiro atoms. The van der Waals surface area contributed by atoms with Gasteiger partial charge in [0.05, 0.1) is 37.6 Å². The zero-order valence-electron chi connectivity index (χ0n) is 17.2. The summed E-state index contributed by atoms with van der Waals surface area (Å²) < 4.78 is 11.0. The van der Waals surface area contributed by atoms with Crippen LogP contribution in [0.25, 0.3) is 0 Å². The van der Waals surface area contributed by atoms with E-state index in [4.69, 9.17) is 29.9 Å². The largest absolute Gasteiger partial charge is 0.396 e. The maximum absolute atomic E-state index is 9.23. The first kappa shape index (κ1) is 26.7. The molecule has 8 unspecified atom stereocenters. The zero-order chi connectivity index (χ0) is 22.5. The Morgan fingerprint density at radius 3 is 1.50 bits per heavy atom. The molecule has 0 aliphatic carbocycles. The Kier molecular flexibility index (Phi) is 13.0. The number of rotatable bonds is 8. The molecule has 0 aromatic heterocycles. The highest BCUT2D eigenvalue weighted by Crippen LogP contribution is 2.38. The van der Waals surface area contributed by atoms with Crippen molar-refractivity contribution in [3.63, 3.8) is 0 Å². The summed E-state index contributed by atoms with van der Waals surface area (Å²) in [6.45, 7) is 7.02. The number of aliphatic hydroxyl groups excluding tert-OH is 6. The van der Waals surface area contributed by atoms with E-state index in [2.05, 4.69) is 13.2 Å². The molecular weight excluding hydrogens is 392 g/mol. The number of aliphatic hydroxyl groups is 6. The van der Waals surface area contributed by atoms with Crippen LogP contribution in [0.5, 0.6) is 0 Å². The lowest BCUT2D eigenvalue weighted by molar-refractivity contribution is 0.0723. The summed E-state index contributed by atoms with van der Waals surface area (Å²) in [4.78, 5) is 0. The fourth-order valence-electron chi connectivity index (χ4n) is 3.91. The molecule has 0 saturated carbocycles. The molecule has 2 saturated heterocycles. The maximum atomic E-state index is 9.23. The number of fused-ring (bicyclic) bond motifs is 2. The second-order valence-electron chi connectivity index (χ2n) is 7.22. The predicted octanol–water partition coefficient (Wildman–Crippen LogP) is -0.589. The fraction of sp³-hybridized carbons (Fsp3) is 0.636. The standard InChI is InChI=1S/C11H18O4.C8H12O3.C3H6O/c1-2-10-8(6-13)9(7-14)11(15-10)4-3-5-12;9-3-5-6(4-10)8-2-1-7(5)11-8;1-2-3-4/h2-4,8-14H,1,5-7H2;1-2,5-10H,3-4H2;2,4H,1,3H2. The summed E-state index contributed by atoms with van der Waals surface area (Å²) in [7, 11) is 0. The van der Waals surface area contributed by atoms with E-state index in [-0.39, 0.29) is 87.7 Å². The SMILES string of the molecule is C=CC1OC(C=CCO)C(CO)C1CO.C=CCO.OCC1C2C=CC(O2)C1CO. The molecule has 0 aromatic carbocycles. The van der Waals surface area contributed by atoms with Crippen LogP contribution < -0.4 is 0 Å². The Morgan fingerprint density at radius 2 is 1.13 bits per heavy atom. The lowest BCUT2D eigenvalue weighted by atomic mass is 9.84. The number of hydrogen-bond donors (Lipinski definition) is 6. The summed E-state index contributed by atoms with van der Waals surface area (Å²) in [5.41, 5.74) is 0.